The van der Waals surface area contributed by atoms with Gasteiger partial charge in [-0.2, -0.15) is 0 Å². The SMILES string of the molecule is CCN1CCN(c2ccc(NC(=O)c3ccccc3)cc2N)CC1. The number of anilines is 3. The molecule has 0 spiro atoms. The maximum Gasteiger partial charge on any atom is 0.255 e. The van der Waals surface area contributed by atoms with Crippen molar-refractivity contribution >= 4 is 23.0 Å². The summed E-state index contributed by atoms with van der Waals surface area (Å²) in [5.41, 5.74) is 9.33. The molecule has 0 atom stereocenters. The number of rotatable bonds is 4. The number of likely N-dealkylation sites (N-methyl/N-ethyl adjacent to an activating group) is 1. The van der Waals surface area contributed by atoms with Gasteiger partial charge in [-0.1, -0.05) is 25.1 Å². The van der Waals surface area contributed by atoms with Crippen LogP contribution in [0.3, 0.4) is 0 Å². The van der Waals surface area contributed by atoms with E-state index in [1.165, 1.54) is 0 Å². The van der Waals surface area contributed by atoms with Crippen LogP contribution >= 0.6 is 0 Å². The molecule has 1 amide bonds. The average molecular weight is 324 g/mol. The standard InChI is InChI=1S/C19H24N4O/c1-2-22-10-12-23(13-11-22)18-9-8-16(14-17(18)20)21-19(24)15-6-4-3-5-7-15/h3-9,14H,2,10-13,20H2,1H3,(H,21,24). The van der Waals surface area contributed by atoms with Crippen molar-refractivity contribution in [3.63, 3.8) is 0 Å². The van der Waals surface area contributed by atoms with E-state index < -0.39 is 0 Å². The highest BCUT2D eigenvalue weighted by Crippen LogP contribution is 2.27. The van der Waals surface area contributed by atoms with Crippen LogP contribution in [0.4, 0.5) is 17.1 Å². The Bertz CT molecular complexity index is 694. The van der Waals surface area contributed by atoms with Gasteiger partial charge in [0.05, 0.1) is 11.4 Å². The molecule has 0 radical (unpaired) electrons. The van der Waals surface area contributed by atoms with Crippen LogP contribution in [0.15, 0.2) is 48.5 Å². The summed E-state index contributed by atoms with van der Waals surface area (Å²) in [6.07, 6.45) is 0. The van der Waals surface area contributed by atoms with E-state index in [1.807, 2.05) is 36.4 Å². The zero-order valence-corrected chi connectivity index (χ0v) is 14.0. The molecule has 3 rings (SSSR count). The number of nitrogen functional groups attached to an aromatic ring is 1. The lowest BCUT2D eigenvalue weighted by atomic mass is 10.1. The van der Waals surface area contributed by atoms with E-state index in [2.05, 4.69) is 22.0 Å². The molecule has 24 heavy (non-hydrogen) atoms. The first-order valence-corrected chi connectivity index (χ1v) is 8.40. The molecule has 0 aromatic heterocycles. The fraction of sp³-hybridized carbons (Fsp3) is 0.316. The Morgan fingerprint density at radius 1 is 1.08 bits per heavy atom. The maximum atomic E-state index is 12.2. The van der Waals surface area contributed by atoms with Gasteiger partial charge >= 0.3 is 0 Å². The van der Waals surface area contributed by atoms with Crippen molar-refractivity contribution in [2.24, 2.45) is 0 Å². The predicted octanol–water partition coefficient (Wildman–Crippen LogP) is 2.66. The van der Waals surface area contributed by atoms with E-state index in [9.17, 15) is 4.79 Å². The number of nitrogens with two attached hydrogens (primary N) is 1. The monoisotopic (exact) mass is 324 g/mol. The van der Waals surface area contributed by atoms with Crippen molar-refractivity contribution in [1.29, 1.82) is 0 Å². The topological polar surface area (TPSA) is 61.6 Å². The van der Waals surface area contributed by atoms with E-state index in [0.29, 0.717) is 11.3 Å². The summed E-state index contributed by atoms with van der Waals surface area (Å²) in [5, 5.41) is 2.90. The minimum Gasteiger partial charge on any atom is -0.397 e. The second-order valence-electron chi connectivity index (χ2n) is 6.02. The molecule has 1 aliphatic rings. The van der Waals surface area contributed by atoms with Crippen LogP contribution in [0.25, 0.3) is 0 Å². The van der Waals surface area contributed by atoms with Crippen molar-refractivity contribution in [2.75, 3.05) is 48.7 Å². The summed E-state index contributed by atoms with van der Waals surface area (Å²) >= 11 is 0. The number of amides is 1. The molecule has 1 heterocycles. The summed E-state index contributed by atoms with van der Waals surface area (Å²) in [6.45, 7) is 7.36. The summed E-state index contributed by atoms with van der Waals surface area (Å²) in [5.74, 6) is -0.126. The maximum absolute atomic E-state index is 12.2. The number of hydrogen-bond acceptors (Lipinski definition) is 4. The van der Waals surface area contributed by atoms with E-state index >= 15 is 0 Å². The molecule has 2 aromatic rings. The molecular weight excluding hydrogens is 300 g/mol. The fourth-order valence-corrected chi connectivity index (χ4v) is 3.02. The Morgan fingerprint density at radius 3 is 2.42 bits per heavy atom. The van der Waals surface area contributed by atoms with Gasteiger partial charge in [0.2, 0.25) is 0 Å². The van der Waals surface area contributed by atoms with Gasteiger partial charge in [-0.05, 0) is 36.9 Å². The Balaban J connectivity index is 1.68. The molecular formula is C19H24N4O. The molecule has 5 heteroatoms. The number of nitrogens with one attached hydrogen (secondary N) is 1. The van der Waals surface area contributed by atoms with Crippen molar-refractivity contribution < 1.29 is 4.79 Å². The van der Waals surface area contributed by atoms with Gasteiger partial charge in [0, 0.05) is 37.4 Å². The highest BCUT2D eigenvalue weighted by Gasteiger charge is 2.18. The van der Waals surface area contributed by atoms with Crippen molar-refractivity contribution in [1.82, 2.24) is 4.90 Å². The number of piperazine rings is 1. The Morgan fingerprint density at radius 2 is 1.79 bits per heavy atom. The van der Waals surface area contributed by atoms with Gasteiger partial charge in [-0.3, -0.25) is 4.79 Å². The molecule has 3 N–H and O–H groups in total. The Hall–Kier alpha value is -2.53. The molecule has 5 nitrogen and oxygen atoms in total. The quantitative estimate of drug-likeness (QED) is 0.849. The lowest BCUT2D eigenvalue weighted by Crippen LogP contribution is -2.46. The summed E-state index contributed by atoms with van der Waals surface area (Å²) in [7, 11) is 0. The van der Waals surface area contributed by atoms with Gasteiger partial charge in [-0.25, -0.2) is 0 Å². The van der Waals surface area contributed by atoms with Gasteiger partial charge in [-0.15, -0.1) is 0 Å². The summed E-state index contributed by atoms with van der Waals surface area (Å²) < 4.78 is 0. The van der Waals surface area contributed by atoms with Crippen LogP contribution in [0.5, 0.6) is 0 Å². The molecule has 2 aromatic carbocycles. The third kappa shape index (κ3) is 3.68. The van der Waals surface area contributed by atoms with Crippen LogP contribution in [0.1, 0.15) is 17.3 Å². The number of carbonyl (C=O) groups is 1. The Kier molecular flexibility index (Phi) is 5.01. The third-order valence-corrected chi connectivity index (χ3v) is 4.48. The minimum atomic E-state index is -0.126. The largest absolute Gasteiger partial charge is 0.397 e. The van der Waals surface area contributed by atoms with E-state index in [-0.39, 0.29) is 5.91 Å². The van der Waals surface area contributed by atoms with Crippen molar-refractivity contribution in [2.45, 2.75) is 6.92 Å². The summed E-state index contributed by atoms with van der Waals surface area (Å²) in [4.78, 5) is 17.0. The first kappa shape index (κ1) is 16.3. The molecule has 0 aliphatic carbocycles. The first-order chi connectivity index (χ1) is 11.7. The zero-order chi connectivity index (χ0) is 16.9. The lowest BCUT2D eigenvalue weighted by Gasteiger charge is -2.36. The number of nitrogens with zero attached hydrogens (tertiary/aromatic N) is 2. The van der Waals surface area contributed by atoms with Gasteiger partial charge in [0.15, 0.2) is 0 Å². The number of carbonyl (C=O) groups excluding carboxylic acids is 1. The number of hydrogen-bond donors (Lipinski definition) is 2. The average Bonchev–Trinajstić information content (AvgIpc) is 2.63. The highest BCUT2D eigenvalue weighted by molar-refractivity contribution is 6.04. The third-order valence-electron chi connectivity index (χ3n) is 4.48. The van der Waals surface area contributed by atoms with Crippen molar-refractivity contribution in [3.8, 4) is 0 Å². The van der Waals surface area contributed by atoms with Crippen LogP contribution < -0.4 is 16.0 Å². The van der Waals surface area contributed by atoms with E-state index in [4.69, 9.17) is 5.73 Å². The smallest absolute Gasteiger partial charge is 0.255 e. The molecule has 0 saturated carbocycles. The molecule has 0 bridgehead atoms. The van der Waals surface area contributed by atoms with Crippen molar-refractivity contribution in [3.05, 3.63) is 54.1 Å². The number of benzene rings is 2. The lowest BCUT2D eigenvalue weighted by molar-refractivity contribution is 0.102. The fourth-order valence-electron chi connectivity index (χ4n) is 3.02. The molecule has 1 aliphatic heterocycles. The second kappa shape index (κ2) is 7.36. The summed E-state index contributed by atoms with van der Waals surface area (Å²) in [6, 6.07) is 14.9. The van der Waals surface area contributed by atoms with E-state index in [1.54, 1.807) is 12.1 Å². The molecule has 1 fully saturated rings. The Labute approximate surface area is 143 Å². The van der Waals surface area contributed by atoms with Gasteiger partial charge in [0.25, 0.3) is 5.91 Å². The first-order valence-electron chi connectivity index (χ1n) is 8.40. The van der Waals surface area contributed by atoms with E-state index in [0.717, 1.165) is 44.1 Å². The zero-order valence-electron chi connectivity index (χ0n) is 14.0. The molecule has 126 valence electrons. The van der Waals surface area contributed by atoms with Crippen LogP contribution in [-0.2, 0) is 0 Å². The normalized spacial score (nSPS) is 15.3. The van der Waals surface area contributed by atoms with Crippen LogP contribution in [0, 0.1) is 0 Å². The van der Waals surface area contributed by atoms with Gasteiger partial charge in [0.1, 0.15) is 0 Å². The highest BCUT2D eigenvalue weighted by atomic mass is 16.1. The molecule has 0 unspecified atom stereocenters. The molecule has 1 saturated heterocycles. The minimum absolute atomic E-state index is 0.126. The van der Waals surface area contributed by atoms with Gasteiger partial charge < -0.3 is 20.9 Å². The van der Waals surface area contributed by atoms with Crippen LogP contribution in [0.2, 0.25) is 0 Å². The predicted molar refractivity (Wildman–Crippen MR) is 99.6 cm³/mol. The second-order valence-corrected chi connectivity index (χ2v) is 6.02. The van der Waals surface area contributed by atoms with Crippen LogP contribution in [-0.4, -0.2) is 43.5 Å².